The first kappa shape index (κ1) is 24.1. The molecule has 0 bridgehead atoms. The zero-order valence-corrected chi connectivity index (χ0v) is 20.0. The molecule has 180 valence electrons. The molecule has 2 fully saturated rings. The van der Waals surface area contributed by atoms with Crippen molar-refractivity contribution in [3.8, 4) is 0 Å². The van der Waals surface area contributed by atoms with Crippen LogP contribution in [-0.4, -0.2) is 59.9 Å². The van der Waals surface area contributed by atoms with E-state index in [2.05, 4.69) is 10.6 Å². The number of nitrogens with one attached hydrogen (secondary N) is 2. The summed E-state index contributed by atoms with van der Waals surface area (Å²) in [5.74, 6) is -0.278. The molecule has 4 rings (SSSR count). The fraction of sp³-hybridized carbons (Fsp3) is 0.423. The Morgan fingerprint density at radius 2 is 1.56 bits per heavy atom. The minimum Gasteiger partial charge on any atom is -0.341 e. The number of carbonyl (C=O) groups is 3. The fourth-order valence-corrected chi connectivity index (χ4v) is 4.90. The first-order valence-electron chi connectivity index (χ1n) is 12.0. The Hall–Kier alpha value is -3.06. The van der Waals surface area contributed by atoms with Gasteiger partial charge in [0.1, 0.15) is 6.04 Å². The third kappa shape index (κ3) is 6.08. The van der Waals surface area contributed by atoms with Gasteiger partial charge in [0, 0.05) is 42.5 Å². The van der Waals surface area contributed by atoms with Gasteiger partial charge in [0.25, 0.3) is 5.91 Å². The van der Waals surface area contributed by atoms with Gasteiger partial charge in [-0.25, -0.2) is 4.79 Å². The van der Waals surface area contributed by atoms with E-state index in [4.69, 9.17) is 11.6 Å². The highest BCUT2D eigenvalue weighted by Crippen LogP contribution is 2.25. The molecule has 0 aromatic heterocycles. The van der Waals surface area contributed by atoms with Crippen LogP contribution in [0.25, 0.3) is 0 Å². The molecule has 2 N–H and O–H groups in total. The largest absolute Gasteiger partial charge is 0.341 e. The number of urea groups is 1. The summed E-state index contributed by atoms with van der Waals surface area (Å²) in [6.45, 7) is 2.50. The zero-order chi connectivity index (χ0) is 23.9. The third-order valence-corrected chi connectivity index (χ3v) is 6.87. The highest BCUT2D eigenvalue weighted by Gasteiger charge is 2.36. The van der Waals surface area contributed by atoms with E-state index in [0.29, 0.717) is 42.2 Å². The van der Waals surface area contributed by atoms with E-state index >= 15 is 0 Å². The molecule has 0 saturated carbocycles. The van der Waals surface area contributed by atoms with Crippen LogP contribution in [0.15, 0.2) is 54.6 Å². The van der Waals surface area contributed by atoms with E-state index < -0.39 is 6.04 Å². The van der Waals surface area contributed by atoms with Crippen molar-refractivity contribution in [3.63, 3.8) is 0 Å². The molecule has 2 aromatic rings. The second kappa shape index (κ2) is 11.4. The number of amides is 4. The molecule has 0 radical (unpaired) electrons. The van der Waals surface area contributed by atoms with Gasteiger partial charge in [-0.2, -0.15) is 0 Å². The van der Waals surface area contributed by atoms with Gasteiger partial charge in [-0.3, -0.25) is 9.59 Å². The molecule has 8 heteroatoms. The van der Waals surface area contributed by atoms with Crippen molar-refractivity contribution in [2.45, 2.75) is 38.1 Å². The molecule has 0 aliphatic carbocycles. The van der Waals surface area contributed by atoms with Crippen LogP contribution < -0.4 is 10.6 Å². The molecule has 2 saturated heterocycles. The van der Waals surface area contributed by atoms with Crippen LogP contribution in [0.3, 0.4) is 0 Å². The maximum atomic E-state index is 13.5. The SMILES string of the molecule is O=C(NC(C(=O)N1CCCCC1)C1CCN(C(=O)Nc2cccc(Cl)c2)CC1)c1ccccc1. The van der Waals surface area contributed by atoms with E-state index in [9.17, 15) is 14.4 Å². The summed E-state index contributed by atoms with van der Waals surface area (Å²) in [4.78, 5) is 42.7. The Morgan fingerprint density at radius 1 is 0.853 bits per heavy atom. The van der Waals surface area contributed by atoms with Gasteiger partial charge in [-0.15, -0.1) is 0 Å². The van der Waals surface area contributed by atoms with Crippen molar-refractivity contribution < 1.29 is 14.4 Å². The highest BCUT2D eigenvalue weighted by molar-refractivity contribution is 6.30. The molecule has 7 nitrogen and oxygen atoms in total. The number of hydrogen-bond donors (Lipinski definition) is 2. The molecule has 1 atom stereocenters. The van der Waals surface area contributed by atoms with Gasteiger partial charge in [-0.1, -0.05) is 35.9 Å². The van der Waals surface area contributed by atoms with Gasteiger partial charge in [0.05, 0.1) is 0 Å². The van der Waals surface area contributed by atoms with Gasteiger partial charge in [0.2, 0.25) is 5.91 Å². The number of benzene rings is 2. The van der Waals surface area contributed by atoms with Crippen LogP contribution in [0.2, 0.25) is 5.02 Å². The molecule has 34 heavy (non-hydrogen) atoms. The molecular weight excluding hydrogens is 452 g/mol. The lowest BCUT2D eigenvalue weighted by atomic mass is 9.88. The maximum Gasteiger partial charge on any atom is 0.321 e. The van der Waals surface area contributed by atoms with Gasteiger partial charge in [0.15, 0.2) is 0 Å². The first-order valence-corrected chi connectivity index (χ1v) is 12.4. The van der Waals surface area contributed by atoms with E-state index in [0.717, 1.165) is 32.4 Å². The van der Waals surface area contributed by atoms with E-state index in [1.165, 1.54) is 0 Å². The van der Waals surface area contributed by atoms with Crippen LogP contribution in [0.4, 0.5) is 10.5 Å². The van der Waals surface area contributed by atoms with Crippen LogP contribution in [0.5, 0.6) is 0 Å². The number of anilines is 1. The van der Waals surface area contributed by atoms with Crippen molar-refractivity contribution in [2.24, 2.45) is 5.92 Å². The van der Waals surface area contributed by atoms with Crippen LogP contribution in [0.1, 0.15) is 42.5 Å². The number of rotatable bonds is 5. The number of nitrogens with zero attached hydrogens (tertiary/aromatic N) is 2. The molecule has 4 amide bonds. The van der Waals surface area contributed by atoms with Gasteiger partial charge < -0.3 is 20.4 Å². The summed E-state index contributed by atoms with van der Waals surface area (Å²) in [5, 5.41) is 6.47. The van der Waals surface area contributed by atoms with E-state index in [1.54, 1.807) is 41.3 Å². The van der Waals surface area contributed by atoms with Crippen LogP contribution >= 0.6 is 11.6 Å². The smallest absolute Gasteiger partial charge is 0.321 e. The van der Waals surface area contributed by atoms with E-state index in [-0.39, 0.29) is 23.8 Å². The van der Waals surface area contributed by atoms with Crippen molar-refractivity contribution >= 4 is 35.1 Å². The Bertz CT molecular complexity index is 1000. The van der Waals surface area contributed by atoms with E-state index in [1.807, 2.05) is 23.1 Å². The van der Waals surface area contributed by atoms with Gasteiger partial charge >= 0.3 is 6.03 Å². The normalized spacial score (nSPS) is 17.7. The van der Waals surface area contributed by atoms with Crippen LogP contribution in [0, 0.1) is 5.92 Å². The Morgan fingerprint density at radius 3 is 2.24 bits per heavy atom. The summed E-state index contributed by atoms with van der Waals surface area (Å²) in [7, 11) is 0. The Kier molecular flexibility index (Phi) is 8.06. The number of hydrogen-bond acceptors (Lipinski definition) is 3. The summed E-state index contributed by atoms with van der Waals surface area (Å²) in [6, 6.07) is 15.3. The summed E-state index contributed by atoms with van der Waals surface area (Å²) < 4.78 is 0. The molecule has 2 aromatic carbocycles. The van der Waals surface area contributed by atoms with Crippen molar-refractivity contribution in [1.29, 1.82) is 0 Å². The number of carbonyl (C=O) groups excluding carboxylic acids is 3. The predicted molar refractivity (Wildman–Crippen MR) is 133 cm³/mol. The average molecular weight is 483 g/mol. The van der Waals surface area contributed by atoms with Gasteiger partial charge in [-0.05, 0) is 68.4 Å². The molecule has 0 spiro atoms. The third-order valence-electron chi connectivity index (χ3n) is 6.63. The minimum atomic E-state index is -0.594. The van der Waals surface area contributed by atoms with Crippen molar-refractivity contribution in [2.75, 3.05) is 31.5 Å². The molecule has 2 heterocycles. The lowest BCUT2D eigenvalue weighted by Crippen LogP contribution is -2.55. The summed E-state index contributed by atoms with van der Waals surface area (Å²) in [6.07, 6.45) is 4.40. The monoisotopic (exact) mass is 482 g/mol. The van der Waals surface area contributed by atoms with Crippen molar-refractivity contribution in [3.05, 3.63) is 65.2 Å². The standard InChI is InChI=1S/C26H31ClN4O3/c27-21-10-7-11-22(18-21)28-26(34)31-16-12-19(13-17-31)23(25(33)30-14-5-2-6-15-30)29-24(32)20-8-3-1-4-9-20/h1,3-4,7-11,18-19,23H,2,5-6,12-17H2,(H,28,34)(H,29,32). The molecule has 1 unspecified atom stereocenters. The highest BCUT2D eigenvalue weighted by atomic mass is 35.5. The first-order chi connectivity index (χ1) is 16.5. The number of halogens is 1. The average Bonchev–Trinajstić information content (AvgIpc) is 2.88. The summed E-state index contributed by atoms with van der Waals surface area (Å²) >= 11 is 6.01. The number of piperidine rings is 2. The lowest BCUT2D eigenvalue weighted by molar-refractivity contribution is -0.136. The minimum absolute atomic E-state index is 0.00851. The predicted octanol–water partition coefficient (Wildman–Crippen LogP) is 4.40. The number of likely N-dealkylation sites (tertiary alicyclic amines) is 2. The molecule has 2 aliphatic heterocycles. The zero-order valence-electron chi connectivity index (χ0n) is 19.2. The fourth-order valence-electron chi connectivity index (χ4n) is 4.71. The maximum absolute atomic E-state index is 13.5. The topological polar surface area (TPSA) is 81.8 Å². The second-order valence-corrected chi connectivity index (χ2v) is 9.40. The van der Waals surface area contributed by atoms with Crippen molar-refractivity contribution in [1.82, 2.24) is 15.1 Å². The quantitative estimate of drug-likeness (QED) is 0.662. The second-order valence-electron chi connectivity index (χ2n) is 8.97. The lowest BCUT2D eigenvalue weighted by Gasteiger charge is -2.38. The Labute approximate surface area is 205 Å². The molecule has 2 aliphatic rings. The Balaban J connectivity index is 1.41. The molecular formula is C26H31ClN4O3. The van der Waals surface area contributed by atoms with Crippen LogP contribution in [-0.2, 0) is 4.79 Å². The summed E-state index contributed by atoms with van der Waals surface area (Å²) in [5.41, 5.74) is 1.19.